The van der Waals surface area contributed by atoms with E-state index in [0.717, 1.165) is 50.1 Å². The van der Waals surface area contributed by atoms with Crippen LogP contribution in [-0.2, 0) is 11.3 Å². The highest BCUT2D eigenvalue weighted by Crippen LogP contribution is 2.39. The zero-order chi connectivity index (χ0) is 20.4. The molecule has 1 aliphatic carbocycles. The van der Waals surface area contributed by atoms with Gasteiger partial charge in [-0.3, -0.25) is 9.69 Å². The van der Waals surface area contributed by atoms with E-state index in [9.17, 15) is 4.79 Å². The van der Waals surface area contributed by atoms with Crippen LogP contribution in [0.5, 0.6) is 5.75 Å². The van der Waals surface area contributed by atoms with Crippen molar-refractivity contribution in [3.05, 3.63) is 29.8 Å². The Kier molecular flexibility index (Phi) is 6.16. The number of nitrogens with zero attached hydrogens (tertiary/aromatic N) is 3. The third-order valence-corrected chi connectivity index (χ3v) is 7.34. The average Bonchev–Trinajstić information content (AvgIpc) is 2.90. The Bertz CT molecular complexity index is 706. The number of ether oxygens (including phenoxy) is 1. The first-order valence-electron chi connectivity index (χ1n) is 11.4. The molecule has 1 amide bonds. The Labute approximate surface area is 176 Å². The van der Waals surface area contributed by atoms with Crippen LogP contribution in [-0.4, -0.2) is 72.0 Å². The van der Waals surface area contributed by atoms with Crippen LogP contribution in [0.2, 0.25) is 0 Å². The maximum absolute atomic E-state index is 13.6. The molecule has 4 rings (SSSR count). The highest BCUT2D eigenvalue weighted by atomic mass is 16.5. The smallest absolute Gasteiger partial charge is 0.240 e. The molecule has 1 saturated heterocycles. The molecule has 5 heteroatoms. The Morgan fingerprint density at radius 2 is 1.83 bits per heavy atom. The van der Waals surface area contributed by atoms with Crippen LogP contribution in [0.1, 0.15) is 57.4 Å². The summed E-state index contributed by atoms with van der Waals surface area (Å²) in [7, 11) is 4.34. The van der Waals surface area contributed by atoms with Crippen molar-refractivity contribution >= 4 is 5.91 Å². The van der Waals surface area contributed by atoms with Gasteiger partial charge in [0, 0.05) is 18.2 Å². The van der Waals surface area contributed by atoms with Gasteiger partial charge in [-0.05, 0) is 78.7 Å². The summed E-state index contributed by atoms with van der Waals surface area (Å²) < 4.78 is 6.69. The molecule has 2 heterocycles. The van der Waals surface area contributed by atoms with Crippen LogP contribution < -0.4 is 4.74 Å². The fourth-order valence-corrected chi connectivity index (χ4v) is 5.40. The predicted octanol–water partition coefficient (Wildman–Crippen LogP) is 3.53. The van der Waals surface area contributed by atoms with Crippen LogP contribution in [0, 0.1) is 0 Å². The van der Waals surface area contributed by atoms with E-state index in [1.165, 1.54) is 19.3 Å². The van der Waals surface area contributed by atoms with Gasteiger partial charge in [-0.1, -0.05) is 24.6 Å². The lowest BCUT2D eigenvalue weighted by atomic mass is 9.81. The number of benzene rings is 1. The quantitative estimate of drug-likeness (QED) is 0.779. The van der Waals surface area contributed by atoms with E-state index in [2.05, 4.69) is 53.9 Å². The molecule has 2 aliphatic heterocycles. The first-order valence-corrected chi connectivity index (χ1v) is 11.4. The molecule has 2 fully saturated rings. The SMILES string of the molecule is C[C@H](C(=O)N1Cc2ccccc2OC2(CCC(N(C)C)CC2)C1)N1CCCCC1. The lowest BCUT2D eigenvalue weighted by Gasteiger charge is -2.43. The molecular formula is C24H37N3O2. The second kappa shape index (κ2) is 8.65. The van der Waals surface area contributed by atoms with Gasteiger partial charge in [0.25, 0.3) is 0 Å². The monoisotopic (exact) mass is 399 g/mol. The van der Waals surface area contributed by atoms with Crippen molar-refractivity contribution in [3.63, 3.8) is 0 Å². The Balaban J connectivity index is 1.56. The molecule has 0 aromatic heterocycles. The maximum Gasteiger partial charge on any atom is 0.240 e. The number of rotatable bonds is 3. The number of carbonyl (C=O) groups is 1. The van der Waals surface area contributed by atoms with Gasteiger partial charge in [0.2, 0.25) is 5.91 Å². The summed E-state index contributed by atoms with van der Waals surface area (Å²) in [4.78, 5) is 20.4. The summed E-state index contributed by atoms with van der Waals surface area (Å²) in [6, 6.07) is 8.86. The summed E-state index contributed by atoms with van der Waals surface area (Å²) in [5, 5.41) is 0. The standard InChI is InChI=1S/C24H37N3O2/c1-19(26-15-7-4-8-16-26)23(28)27-17-20-9-5-6-10-22(20)29-24(18-27)13-11-21(12-14-24)25(2)3/h5-6,9-10,19,21H,4,7-8,11-18H2,1-3H3/t19-,21?,24?/m1/s1. The van der Waals surface area contributed by atoms with E-state index in [4.69, 9.17) is 4.74 Å². The fraction of sp³-hybridized carbons (Fsp3) is 0.708. The van der Waals surface area contributed by atoms with Crippen molar-refractivity contribution in [1.82, 2.24) is 14.7 Å². The Morgan fingerprint density at radius 3 is 2.52 bits per heavy atom. The van der Waals surface area contributed by atoms with Crippen LogP contribution in [0.15, 0.2) is 24.3 Å². The van der Waals surface area contributed by atoms with Crippen molar-refractivity contribution in [1.29, 1.82) is 0 Å². The van der Waals surface area contributed by atoms with E-state index >= 15 is 0 Å². The molecule has 1 spiro atoms. The van der Waals surface area contributed by atoms with Crippen LogP contribution in [0.25, 0.3) is 0 Å². The zero-order valence-electron chi connectivity index (χ0n) is 18.4. The molecule has 3 aliphatic rings. The number of hydrogen-bond acceptors (Lipinski definition) is 4. The number of amides is 1. The average molecular weight is 400 g/mol. The number of hydrogen-bond donors (Lipinski definition) is 0. The number of fused-ring (bicyclic) bond motifs is 1. The minimum atomic E-state index is -0.254. The highest BCUT2D eigenvalue weighted by molar-refractivity contribution is 5.81. The van der Waals surface area contributed by atoms with Crippen molar-refractivity contribution in [2.45, 2.75) is 76.1 Å². The molecule has 160 valence electrons. The van der Waals surface area contributed by atoms with Gasteiger partial charge in [-0.15, -0.1) is 0 Å². The number of para-hydroxylation sites is 1. The molecule has 0 unspecified atom stereocenters. The molecule has 1 saturated carbocycles. The number of likely N-dealkylation sites (tertiary alicyclic amines) is 1. The van der Waals surface area contributed by atoms with E-state index in [1.807, 2.05) is 6.07 Å². The third-order valence-electron chi connectivity index (χ3n) is 7.34. The van der Waals surface area contributed by atoms with Gasteiger partial charge in [0.1, 0.15) is 11.4 Å². The van der Waals surface area contributed by atoms with Crippen molar-refractivity contribution in [3.8, 4) is 5.75 Å². The van der Waals surface area contributed by atoms with Gasteiger partial charge in [0.15, 0.2) is 0 Å². The fourth-order valence-electron chi connectivity index (χ4n) is 5.40. The Hall–Kier alpha value is -1.59. The first kappa shape index (κ1) is 20.7. The molecule has 29 heavy (non-hydrogen) atoms. The van der Waals surface area contributed by atoms with E-state index in [1.54, 1.807) is 0 Å². The van der Waals surface area contributed by atoms with Crippen molar-refractivity contribution in [2.24, 2.45) is 0 Å². The second-order valence-electron chi connectivity index (χ2n) is 9.55. The highest BCUT2D eigenvalue weighted by Gasteiger charge is 2.43. The molecule has 0 N–H and O–H groups in total. The van der Waals surface area contributed by atoms with Gasteiger partial charge < -0.3 is 14.5 Å². The van der Waals surface area contributed by atoms with Crippen molar-refractivity contribution in [2.75, 3.05) is 33.7 Å². The van der Waals surface area contributed by atoms with Crippen LogP contribution in [0.4, 0.5) is 0 Å². The lowest BCUT2D eigenvalue weighted by molar-refractivity contribution is -0.140. The summed E-state index contributed by atoms with van der Waals surface area (Å²) in [6.45, 7) is 5.55. The van der Waals surface area contributed by atoms with E-state index in [-0.39, 0.29) is 17.6 Å². The van der Waals surface area contributed by atoms with E-state index < -0.39 is 0 Å². The molecule has 1 aromatic carbocycles. The largest absolute Gasteiger partial charge is 0.485 e. The van der Waals surface area contributed by atoms with Gasteiger partial charge in [-0.25, -0.2) is 0 Å². The summed E-state index contributed by atoms with van der Waals surface area (Å²) in [5.74, 6) is 1.23. The predicted molar refractivity (Wildman–Crippen MR) is 116 cm³/mol. The Morgan fingerprint density at radius 1 is 1.14 bits per heavy atom. The molecule has 1 atom stereocenters. The van der Waals surface area contributed by atoms with Crippen LogP contribution in [0.3, 0.4) is 0 Å². The van der Waals surface area contributed by atoms with Gasteiger partial charge in [-0.2, -0.15) is 0 Å². The summed E-state index contributed by atoms with van der Waals surface area (Å²) in [6.07, 6.45) is 7.97. The van der Waals surface area contributed by atoms with Gasteiger partial charge >= 0.3 is 0 Å². The number of carbonyl (C=O) groups excluding carboxylic acids is 1. The molecule has 0 bridgehead atoms. The molecule has 1 aromatic rings. The molecular weight excluding hydrogens is 362 g/mol. The third kappa shape index (κ3) is 4.46. The number of piperidine rings is 1. The molecule has 0 radical (unpaired) electrons. The van der Waals surface area contributed by atoms with Crippen molar-refractivity contribution < 1.29 is 9.53 Å². The topological polar surface area (TPSA) is 36.0 Å². The maximum atomic E-state index is 13.6. The summed E-state index contributed by atoms with van der Waals surface area (Å²) in [5.41, 5.74) is 0.884. The van der Waals surface area contributed by atoms with Crippen LogP contribution >= 0.6 is 0 Å². The summed E-state index contributed by atoms with van der Waals surface area (Å²) >= 11 is 0. The first-order chi connectivity index (χ1) is 14.0. The molecule has 5 nitrogen and oxygen atoms in total. The zero-order valence-corrected chi connectivity index (χ0v) is 18.4. The normalized spacial score (nSPS) is 29.2. The lowest BCUT2D eigenvalue weighted by Crippen LogP contribution is -2.55. The minimum absolute atomic E-state index is 0.0456. The minimum Gasteiger partial charge on any atom is -0.485 e. The van der Waals surface area contributed by atoms with E-state index in [0.29, 0.717) is 19.1 Å². The second-order valence-corrected chi connectivity index (χ2v) is 9.55. The van der Waals surface area contributed by atoms with Gasteiger partial charge in [0.05, 0.1) is 12.6 Å².